The van der Waals surface area contributed by atoms with Gasteiger partial charge in [0.1, 0.15) is 12.4 Å². The van der Waals surface area contributed by atoms with Crippen LogP contribution >= 0.6 is 0 Å². The molecule has 0 aliphatic carbocycles. The number of nitrogens with zero attached hydrogens (tertiary/aromatic N) is 1. The summed E-state index contributed by atoms with van der Waals surface area (Å²) in [5, 5.41) is 0. The maximum atomic E-state index is 12.5. The highest BCUT2D eigenvalue weighted by molar-refractivity contribution is 7.89. The van der Waals surface area contributed by atoms with Gasteiger partial charge in [-0.3, -0.25) is 4.79 Å². The van der Waals surface area contributed by atoms with Crippen molar-refractivity contribution in [2.24, 2.45) is 0 Å². The minimum atomic E-state index is -3.68. The number of ether oxygens (including phenoxy) is 2. The normalized spacial score (nSPS) is 17.3. The highest BCUT2D eigenvalue weighted by Crippen LogP contribution is 2.17. The van der Waals surface area contributed by atoms with Crippen molar-refractivity contribution in [2.75, 3.05) is 26.3 Å². The van der Waals surface area contributed by atoms with E-state index in [2.05, 4.69) is 4.72 Å². The topological polar surface area (TPSA) is 84.9 Å². The molecular formula is C21H26N2O5S. The summed E-state index contributed by atoms with van der Waals surface area (Å²) in [6.45, 7) is 3.44. The standard InChI is InChI=1S/C21H26N2O5S/c1-2-12-27-18-8-10-20(11-9-18)29(25,26)22-13-19-15-23(21(24)16-28-19)14-17-6-4-3-5-7-17/h3-11,19,22H,2,12-16H2,1H3. The molecule has 0 spiro atoms. The van der Waals surface area contributed by atoms with Crippen molar-refractivity contribution in [1.29, 1.82) is 0 Å². The van der Waals surface area contributed by atoms with Crippen LogP contribution in [0.15, 0.2) is 59.5 Å². The number of nitrogens with one attached hydrogen (secondary N) is 1. The van der Waals surface area contributed by atoms with E-state index in [1.54, 1.807) is 17.0 Å². The molecule has 29 heavy (non-hydrogen) atoms. The number of amides is 1. The summed E-state index contributed by atoms with van der Waals surface area (Å²) in [5.74, 6) is 0.534. The van der Waals surface area contributed by atoms with Crippen molar-refractivity contribution in [3.05, 3.63) is 60.2 Å². The van der Waals surface area contributed by atoms with Gasteiger partial charge in [0.2, 0.25) is 15.9 Å². The van der Waals surface area contributed by atoms with E-state index in [4.69, 9.17) is 9.47 Å². The molecule has 0 saturated carbocycles. The summed E-state index contributed by atoms with van der Waals surface area (Å²) in [4.78, 5) is 14.0. The molecule has 2 aromatic rings. The minimum absolute atomic E-state index is 0.0529. The monoisotopic (exact) mass is 418 g/mol. The lowest BCUT2D eigenvalue weighted by molar-refractivity contribution is -0.149. The Balaban J connectivity index is 1.56. The Labute approximate surface area is 171 Å². The van der Waals surface area contributed by atoms with E-state index in [9.17, 15) is 13.2 Å². The smallest absolute Gasteiger partial charge is 0.248 e. The molecule has 1 saturated heterocycles. The van der Waals surface area contributed by atoms with Crippen LogP contribution in [0.5, 0.6) is 5.75 Å². The Hall–Kier alpha value is -2.42. The van der Waals surface area contributed by atoms with Gasteiger partial charge in [-0.1, -0.05) is 37.3 Å². The molecule has 1 unspecified atom stereocenters. The van der Waals surface area contributed by atoms with Crippen LogP contribution in [-0.4, -0.2) is 51.6 Å². The summed E-state index contributed by atoms with van der Waals surface area (Å²) < 4.78 is 38.7. The summed E-state index contributed by atoms with van der Waals surface area (Å²) in [6.07, 6.45) is 0.477. The van der Waals surface area contributed by atoms with Crippen LogP contribution < -0.4 is 9.46 Å². The fraction of sp³-hybridized carbons (Fsp3) is 0.381. The summed E-state index contributed by atoms with van der Waals surface area (Å²) in [5.41, 5.74) is 1.02. The van der Waals surface area contributed by atoms with Crippen LogP contribution in [0, 0.1) is 0 Å². The van der Waals surface area contributed by atoms with Crippen LogP contribution in [0.3, 0.4) is 0 Å². The fourth-order valence-electron chi connectivity index (χ4n) is 2.98. The molecule has 1 amide bonds. The quantitative estimate of drug-likeness (QED) is 0.675. The third kappa shape index (κ3) is 6.03. The molecule has 2 aromatic carbocycles. The van der Waals surface area contributed by atoms with Crippen molar-refractivity contribution in [1.82, 2.24) is 9.62 Å². The van der Waals surface area contributed by atoms with E-state index in [-0.39, 0.29) is 24.0 Å². The molecule has 1 N–H and O–H groups in total. The SMILES string of the molecule is CCCOc1ccc(S(=O)(=O)NCC2CN(Cc3ccccc3)C(=O)CO2)cc1. The number of morpholine rings is 1. The molecule has 7 nitrogen and oxygen atoms in total. The third-order valence-corrected chi connectivity index (χ3v) is 5.98. The zero-order valence-electron chi connectivity index (χ0n) is 16.4. The van der Waals surface area contributed by atoms with Crippen LogP contribution in [0.2, 0.25) is 0 Å². The molecule has 1 aliphatic rings. The van der Waals surface area contributed by atoms with Crippen LogP contribution in [-0.2, 0) is 26.1 Å². The third-order valence-electron chi connectivity index (χ3n) is 4.54. The van der Waals surface area contributed by atoms with Gasteiger partial charge in [0.25, 0.3) is 0 Å². The zero-order valence-corrected chi connectivity index (χ0v) is 17.2. The van der Waals surface area contributed by atoms with Crippen LogP contribution in [0.1, 0.15) is 18.9 Å². The minimum Gasteiger partial charge on any atom is -0.494 e. The molecule has 0 aromatic heterocycles. The number of hydrogen-bond donors (Lipinski definition) is 1. The number of benzene rings is 2. The maximum Gasteiger partial charge on any atom is 0.248 e. The van der Waals surface area contributed by atoms with Gasteiger partial charge in [0.05, 0.1) is 17.6 Å². The Morgan fingerprint density at radius 1 is 1.14 bits per heavy atom. The highest BCUT2D eigenvalue weighted by Gasteiger charge is 2.27. The van der Waals surface area contributed by atoms with E-state index >= 15 is 0 Å². The largest absolute Gasteiger partial charge is 0.494 e. The van der Waals surface area contributed by atoms with Gasteiger partial charge in [-0.15, -0.1) is 0 Å². The van der Waals surface area contributed by atoms with Gasteiger partial charge in [-0.05, 0) is 36.2 Å². The second kappa shape index (κ2) is 9.87. The van der Waals surface area contributed by atoms with Gasteiger partial charge >= 0.3 is 0 Å². The lowest BCUT2D eigenvalue weighted by Gasteiger charge is -2.32. The van der Waals surface area contributed by atoms with Gasteiger partial charge < -0.3 is 14.4 Å². The summed E-state index contributed by atoms with van der Waals surface area (Å²) in [6, 6.07) is 16.0. The van der Waals surface area contributed by atoms with Gasteiger partial charge in [0, 0.05) is 19.6 Å². The molecule has 0 bridgehead atoms. The first-order valence-corrected chi connectivity index (χ1v) is 11.1. The number of rotatable bonds is 9. The van der Waals surface area contributed by atoms with E-state index < -0.39 is 16.1 Å². The molecule has 1 atom stereocenters. The zero-order chi connectivity index (χ0) is 20.7. The van der Waals surface area contributed by atoms with Crippen LogP contribution in [0.25, 0.3) is 0 Å². The molecule has 0 radical (unpaired) electrons. The van der Waals surface area contributed by atoms with Crippen molar-refractivity contribution in [3.8, 4) is 5.75 Å². The fourth-order valence-corrected chi connectivity index (χ4v) is 4.05. The lowest BCUT2D eigenvalue weighted by Crippen LogP contribution is -2.50. The first-order chi connectivity index (χ1) is 14.0. The maximum absolute atomic E-state index is 12.5. The van der Waals surface area contributed by atoms with Crippen LogP contribution in [0.4, 0.5) is 0 Å². The van der Waals surface area contributed by atoms with Crippen molar-refractivity contribution in [2.45, 2.75) is 30.9 Å². The molecule has 3 rings (SSSR count). The van der Waals surface area contributed by atoms with Crippen molar-refractivity contribution >= 4 is 15.9 Å². The van der Waals surface area contributed by atoms with E-state index in [1.165, 1.54) is 12.1 Å². The summed E-state index contributed by atoms with van der Waals surface area (Å²) in [7, 11) is -3.68. The molecule has 1 fully saturated rings. The van der Waals surface area contributed by atoms with E-state index in [0.29, 0.717) is 25.4 Å². The molecule has 8 heteroatoms. The number of hydrogen-bond acceptors (Lipinski definition) is 5. The predicted molar refractivity (Wildman–Crippen MR) is 109 cm³/mol. The first-order valence-electron chi connectivity index (χ1n) is 9.64. The van der Waals surface area contributed by atoms with Gasteiger partial charge in [-0.2, -0.15) is 0 Å². The first kappa shape index (κ1) is 21.3. The Morgan fingerprint density at radius 2 is 1.86 bits per heavy atom. The lowest BCUT2D eigenvalue weighted by atomic mass is 10.2. The van der Waals surface area contributed by atoms with Gasteiger partial charge in [0.15, 0.2) is 0 Å². The molecule has 156 valence electrons. The highest BCUT2D eigenvalue weighted by atomic mass is 32.2. The van der Waals surface area contributed by atoms with E-state index in [1.807, 2.05) is 37.3 Å². The number of carbonyl (C=O) groups is 1. The number of carbonyl (C=O) groups excluding carboxylic acids is 1. The van der Waals surface area contributed by atoms with Crippen molar-refractivity contribution in [3.63, 3.8) is 0 Å². The Kier molecular flexibility index (Phi) is 7.24. The summed E-state index contributed by atoms with van der Waals surface area (Å²) >= 11 is 0. The molecule has 1 aliphatic heterocycles. The van der Waals surface area contributed by atoms with Crippen molar-refractivity contribution < 1.29 is 22.7 Å². The molecular weight excluding hydrogens is 392 g/mol. The average molecular weight is 419 g/mol. The Bertz CT molecular complexity index is 900. The molecule has 1 heterocycles. The van der Waals surface area contributed by atoms with E-state index in [0.717, 1.165) is 12.0 Å². The predicted octanol–water partition coefficient (Wildman–Crippen LogP) is 2.18. The average Bonchev–Trinajstić information content (AvgIpc) is 2.74. The second-order valence-electron chi connectivity index (χ2n) is 6.86. The van der Waals surface area contributed by atoms with Gasteiger partial charge in [-0.25, -0.2) is 13.1 Å². The second-order valence-corrected chi connectivity index (χ2v) is 8.63. The number of sulfonamides is 1. The Morgan fingerprint density at radius 3 is 2.55 bits per heavy atom.